The highest BCUT2D eigenvalue weighted by atomic mass is 16.3. The second-order valence-corrected chi connectivity index (χ2v) is 5.22. The molecule has 0 radical (unpaired) electrons. The summed E-state index contributed by atoms with van der Waals surface area (Å²) in [6.07, 6.45) is 0.534. The molecule has 0 saturated heterocycles. The first-order valence-electron chi connectivity index (χ1n) is 7.38. The van der Waals surface area contributed by atoms with Gasteiger partial charge in [0.1, 0.15) is 11.8 Å². The van der Waals surface area contributed by atoms with Crippen molar-refractivity contribution in [2.75, 3.05) is 0 Å². The number of aliphatic hydroxyl groups excluding tert-OH is 1. The van der Waals surface area contributed by atoms with Gasteiger partial charge in [0.25, 0.3) is 0 Å². The van der Waals surface area contributed by atoms with Crippen molar-refractivity contribution in [1.82, 2.24) is 10.6 Å². The van der Waals surface area contributed by atoms with Gasteiger partial charge in [0.05, 0.1) is 25.3 Å². The van der Waals surface area contributed by atoms with Crippen LogP contribution in [0.15, 0.2) is 53.1 Å². The standard InChI is InChI=1S/C17H20N2O4/c1-12(17(22)18-11-14-8-5-9-23-14)19-16(21)10-15(20)13-6-3-2-4-7-13/h2-9,12,15,20H,10-11H2,1H3,(H,18,22)(H,19,21). The second kappa shape index (κ2) is 8.14. The Labute approximate surface area is 134 Å². The second-order valence-electron chi connectivity index (χ2n) is 5.22. The molecule has 1 aromatic carbocycles. The van der Waals surface area contributed by atoms with Gasteiger partial charge in [-0.25, -0.2) is 0 Å². The largest absolute Gasteiger partial charge is 0.467 e. The topological polar surface area (TPSA) is 91.6 Å². The highest BCUT2D eigenvalue weighted by molar-refractivity contribution is 5.87. The minimum absolute atomic E-state index is 0.0974. The maximum Gasteiger partial charge on any atom is 0.242 e. The lowest BCUT2D eigenvalue weighted by molar-refractivity contribution is -0.129. The van der Waals surface area contributed by atoms with E-state index >= 15 is 0 Å². The van der Waals surface area contributed by atoms with Crippen molar-refractivity contribution in [2.24, 2.45) is 0 Å². The highest BCUT2D eigenvalue weighted by Gasteiger charge is 2.18. The summed E-state index contributed by atoms with van der Waals surface area (Å²) in [4.78, 5) is 23.8. The molecular formula is C17H20N2O4. The van der Waals surface area contributed by atoms with Crippen LogP contribution in [0.5, 0.6) is 0 Å². The van der Waals surface area contributed by atoms with E-state index in [-0.39, 0.29) is 24.8 Å². The quantitative estimate of drug-likeness (QED) is 0.722. The summed E-state index contributed by atoms with van der Waals surface area (Å²) >= 11 is 0. The van der Waals surface area contributed by atoms with Gasteiger partial charge in [-0.05, 0) is 24.6 Å². The van der Waals surface area contributed by atoms with Crippen LogP contribution in [0.25, 0.3) is 0 Å². The number of nitrogens with one attached hydrogen (secondary N) is 2. The zero-order chi connectivity index (χ0) is 16.7. The molecule has 2 atom stereocenters. The molecule has 2 unspecified atom stereocenters. The first kappa shape index (κ1) is 16.8. The van der Waals surface area contributed by atoms with Gasteiger partial charge in [-0.1, -0.05) is 30.3 Å². The molecule has 0 saturated carbocycles. The zero-order valence-corrected chi connectivity index (χ0v) is 12.9. The Morgan fingerprint density at radius 3 is 2.57 bits per heavy atom. The number of hydrogen-bond donors (Lipinski definition) is 3. The van der Waals surface area contributed by atoms with Crippen LogP contribution in [0, 0.1) is 0 Å². The van der Waals surface area contributed by atoms with Crippen molar-refractivity contribution in [1.29, 1.82) is 0 Å². The lowest BCUT2D eigenvalue weighted by Crippen LogP contribution is -2.44. The molecule has 0 fully saturated rings. The zero-order valence-electron chi connectivity index (χ0n) is 12.9. The molecule has 0 aliphatic carbocycles. The minimum Gasteiger partial charge on any atom is -0.467 e. The van der Waals surface area contributed by atoms with Gasteiger partial charge in [0.2, 0.25) is 11.8 Å². The molecule has 23 heavy (non-hydrogen) atoms. The number of benzene rings is 1. The minimum atomic E-state index is -0.894. The molecule has 1 aromatic heterocycles. The summed E-state index contributed by atoms with van der Waals surface area (Å²) in [5.41, 5.74) is 0.664. The van der Waals surface area contributed by atoms with Gasteiger partial charge in [0.15, 0.2) is 0 Å². The van der Waals surface area contributed by atoms with Gasteiger partial charge in [-0.3, -0.25) is 9.59 Å². The molecule has 0 bridgehead atoms. The maximum atomic E-state index is 11.9. The maximum absolute atomic E-state index is 11.9. The van der Waals surface area contributed by atoms with Crippen molar-refractivity contribution in [3.05, 3.63) is 60.1 Å². The normalized spacial score (nSPS) is 13.1. The van der Waals surface area contributed by atoms with Crippen molar-refractivity contribution >= 4 is 11.8 Å². The summed E-state index contributed by atoms with van der Waals surface area (Å²) in [5, 5.41) is 15.2. The Morgan fingerprint density at radius 2 is 1.91 bits per heavy atom. The Bertz CT molecular complexity index is 625. The fraction of sp³-hybridized carbons (Fsp3) is 0.294. The molecule has 0 aliphatic rings. The van der Waals surface area contributed by atoms with E-state index in [2.05, 4.69) is 10.6 Å². The van der Waals surface area contributed by atoms with Crippen LogP contribution < -0.4 is 10.6 Å². The molecule has 2 amide bonds. The summed E-state index contributed by atoms with van der Waals surface area (Å²) in [5.74, 6) is -0.0673. The van der Waals surface area contributed by atoms with Crippen molar-refractivity contribution in [2.45, 2.75) is 32.0 Å². The van der Waals surface area contributed by atoms with E-state index in [1.165, 1.54) is 6.26 Å². The number of aliphatic hydroxyl groups is 1. The van der Waals surface area contributed by atoms with Gasteiger partial charge in [-0.15, -0.1) is 0 Å². The molecule has 3 N–H and O–H groups in total. The average Bonchev–Trinajstić information content (AvgIpc) is 3.06. The number of rotatable bonds is 7. The molecule has 0 aliphatic heterocycles. The monoisotopic (exact) mass is 316 g/mol. The lowest BCUT2D eigenvalue weighted by atomic mass is 10.1. The third kappa shape index (κ3) is 5.27. The van der Waals surface area contributed by atoms with Crippen LogP contribution >= 0.6 is 0 Å². The summed E-state index contributed by atoms with van der Waals surface area (Å²) in [6.45, 7) is 1.85. The fourth-order valence-electron chi connectivity index (χ4n) is 2.08. The number of carbonyl (C=O) groups excluding carboxylic acids is 2. The van der Waals surface area contributed by atoms with Crippen LogP contribution in [0.3, 0.4) is 0 Å². The third-order valence-electron chi connectivity index (χ3n) is 3.35. The molecule has 1 heterocycles. The van der Waals surface area contributed by atoms with E-state index in [1.807, 2.05) is 6.07 Å². The average molecular weight is 316 g/mol. The first-order chi connectivity index (χ1) is 11.1. The predicted octanol–water partition coefficient (Wildman–Crippen LogP) is 1.52. The summed E-state index contributed by atoms with van der Waals surface area (Å²) < 4.78 is 5.11. The molecule has 2 rings (SSSR count). The van der Waals surface area contributed by atoms with Crippen molar-refractivity contribution in [3.63, 3.8) is 0 Å². The van der Waals surface area contributed by atoms with Gasteiger partial charge in [-0.2, -0.15) is 0 Å². The number of carbonyl (C=O) groups is 2. The van der Waals surface area contributed by atoms with Crippen molar-refractivity contribution in [3.8, 4) is 0 Å². The smallest absolute Gasteiger partial charge is 0.242 e. The Morgan fingerprint density at radius 1 is 1.17 bits per heavy atom. The third-order valence-corrected chi connectivity index (χ3v) is 3.35. The molecular weight excluding hydrogens is 296 g/mol. The van der Waals surface area contributed by atoms with E-state index in [9.17, 15) is 14.7 Å². The Balaban J connectivity index is 1.76. The van der Waals surface area contributed by atoms with Crippen LogP contribution in [-0.4, -0.2) is 23.0 Å². The van der Waals surface area contributed by atoms with Gasteiger partial charge >= 0.3 is 0 Å². The first-order valence-corrected chi connectivity index (χ1v) is 7.38. The highest BCUT2D eigenvalue weighted by Crippen LogP contribution is 2.15. The summed E-state index contributed by atoms with van der Waals surface area (Å²) in [6, 6.07) is 11.7. The molecule has 6 heteroatoms. The SMILES string of the molecule is CC(NC(=O)CC(O)c1ccccc1)C(=O)NCc1ccco1. The van der Waals surface area contributed by atoms with E-state index in [1.54, 1.807) is 43.3 Å². The summed E-state index contributed by atoms with van der Waals surface area (Å²) in [7, 11) is 0. The predicted molar refractivity (Wildman–Crippen MR) is 84.2 cm³/mol. The van der Waals surface area contributed by atoms with Crippen LogP contribution in [0.1, 0.15) is 30.8 Å². The van der Waals surface area contributed by atoms with Crippen LogP contribution in [-0.2, 0) is 16.1 Å². The van der Waals surface area contributed by atoms with E-state index in [4.69, 9.17) is 4.42 Å². The number of furan rings is 1. The number of amides is 2. The Kier molecular flexibility index (Phi) is 5.94. The molecule has 2 aromatic rings. The van der Waals surface area contributed by atoms with Gasteiger partial charge < -0.3 is 20.2 Å². The van der Waals surface area contributed by atoms with E-state index in [0.717, 1.165) is 0 Å². The van der Waals surface area contributed by atoms with Gasteiger partial charge in [0, 0.05) is 0 Å². The Hall–Kier alpha value is -2.60. The molecule has 0 spiro atoms. The van der Waals surface area contributed by atoms with E-state index < -0.39 is 12.1 Å². The number of hydrogen-bond acceptors (Lipinski definition) is 4. The van der Waals surface area contributed by atoms with E-state index in [0.29, 0.717) is 11.3 Å². The van der Waals surface area contributed by atoms with Crippen LogP contribution in [0.2, 0.25) is 0 Å². The molecule has 122 valence electrons. The lowest BCUT2D eigenvalue weighted by Gasteiger charge is -2.15. The molecule has 6 nitrogen and oxygen atoms in total. The van der Waals surface area contributed by atoms with Crippen molar-refractivity contribution < 1.29 is 19.1 Å². The van der Waals surface area contributed by atoms with Crippen LogP contribution in [0.4, 0.5) is 0 Å². The fourth-order valence-corrected chi connectivity index (χ4v) is 2.08.